The zero-order chi connectivity index (χ0) is 20.4. The SMILES string of the molecule is C[C@@H](OC(=O)[C@H]1CC(=O)N(Cc2ccccc2)C1)C(=O)c1c[nH]c2ccccc12. The van der Waals surface area contributed by atoms with E-state index in [9.17, 15) is 14.4 Å². The van der Waals surface area contributed by atoms with Gasteiger partial charge in [0.2, 0.25) is 11.7 Å². The highest BCUT2D eigenvalue weighted by Gasteiger charge is 2.36. The number of hydrogen-bond acceptors (Lipinski definition) is 4. The molecule has 1 N–H and O–H groups in total. The van der Waals surface area contributed by atoms with Crippen LogP contribution < -0.4 is 0 Å². The number of ketones is 1. The Morgan fingerprint density at radius 3 is 2.66 bits per heavy atom. The molecule has 1 aromatic heterocycles. The third kappa shape index (κ3) is 3.92. The van der Waals surface area contributed by atoms with Crippen molar-refractivity contribution in [3.05, 3.63) is 71.9 Å². The molecule has 1 saturated heterocycles. The summed E-state index contributed by atoms with van der Waals surface area (Å²) < 4.78 is 5.43. The normalized spacial score (nSPS) is 17.5. The van der Waals surface area contributed by atoms with Crippen LogP contribution in [0.25, 0.3) is 10.9 Å². The summed E-state index contributed by atoms with van der Waals surface area (Å²) in [4.78, 5) is 42.3. The first-order valence-electron chi connectivity index (χ1n) is 9.65. The highest BCUT2D eigenvalue weighted by molar-refractivity contribution is 6.10. The van der Waals surface area contributed by atoms with Gasteiger partial charge < -0.3 is 14.6 Å². The molecule has 1 aliphatic rings. The molecule has 2 atom stereocenters. The highest BCUT2D eigenvalue weighted by atomic mass is 16.5. The molecule has 0 spiro atoms. The largest absolute Gasteiger partial charge is 0.454 e. The van der Waals surface area contributed by atoms with Gasteiger partial charge in [0.05, 0.1) is 5.92 Å². The van der Waals surface area contributed by atoms with Crippen molar-refractivity contribution in [3.8, 4) is 0 Å². The average Bonchev–Trinajstić information content (AvgIpc) is 3.32. The van der Waals surface area contributed by atoms with Gasteiger partial charge in [0, 0.05) is 42.2 Å². The van der Waals surface area contributed by atoms with E-state index in [4.69, 9.17) is 4.74 Å². The lowest BCUT2D eigenvalue weighted by molar-refractivity contribution is -0.151. The number of nitrogens with one attached hydrogen (secondary N) is 1. The molecule has 29 heavy (non-hydrogen) atoms. The molecule has 1 amide bonds. The minimum absolute atomic E-state index is 0.0774. The molecular weight excluding hydrogens is 368 g/mol. The molecule has 3 aromatic rings. The number of H-pyrrole nitrogens is 1. The van der Waals surface area contributed by atoms with E-state index >= 15 is 0 Å². The Kier molecular flexibility index (Phi) is 5.16. The van der Waals surface area contributed by atoms with E-state index in [-0.39, 0.29) is 18.1 Å². The van der Waals surface area contributed by atoms with Crippen molar-refractivity contribution < 1.29 is 19.1 Å². The number of fused-ring (bicyclic) bond motifs is 1. The maximum absolute atomic E-state index is 12.8. The van der Waals surface area contributed by atoms with Crippen LogP contribution in [0.4, 0.5) is 0 Å². The van der Waals surface area contributed by atoms with Gasteiger partial charge in [-0.1, -0.05) is 48.5 Å². The number of amides is 1. The lowest BCUT2D eigenvalue weighted by atomic mass is 10.1. The van der Waals surface area contributed by atoms with Crippen LogP contribution in [-0.4, -0.2) is 40.2 Å². The van der Waals surface area contributed by atoms with E-state index in [1.807, 2.05) is 54.6 Å². The number of benzene rings is 2. The lowest BCUT2D eigenvalue weighted by Gasteiger charge is -2.17. The van der Waals surface area contributed by atoms with Crippen LogP contribution in [0, 0.1) is 5.92 Å². The minimum atomic E-state index is -0.917. The van der Waals surface area contributed by atoms with Gasteiger partial charge in [-0.3, -0.25) is 14.4 Å². The molecule has 2 aromatic carbocycles. The van der Waals surface area contributed by atoms with E-state index in [1.54, 1.807) is 18.0 Å². The molecule has 1 fully saturated rings. The lowest BCUT2D eigenvalue weighted by Crippen LogP contribution is -2.30. The third-order valence-electron chi connectivity index (χ3n) is 5.28. The predicted molar refractivity (Wildman–Crippen MR) is 108 cm³/mol. The Morgan fingerprint density at radius 2 is 1.86 bits per heavy atom. The number of likely N-dealkylation sites (tertiary alicyclic amines) is 1. The van der Waals surface area contributed by atoms with E-state index in [1.165, 1.54) is 0 Å². The zero-order valence-corrected chi connectivity index (χ0v) is 16.1. The second-order valence-electron chi connectivity index (χ2n) is 7.35. The summed E-state index contributed by atoms with van der Waals surface area (Å²) in [5.74, 6) is -1.40. The first kappa shape index (κ1) is 18.9. The summed E-state index contributed by atoms with van der Waals surface area (Å²) in [5, 5.41) is 0.797. The van der Waals surface area contributed by atoms with E-state index in [2.05, 4.69) is 4.98 Å². The fourth-order valence-corrected chi connectivity index (χ4v) is 3.71. The maximum atomic E-state index is 12.8. The molecule has 1 aliphatic heterocycles. The fourth-order valence-electron chi connectivity index (χ4n) is 3.71. The van der Waals surface area contributed by atoms with Crippen molar-refractivity contribution in [2.75, 3.05) is 6.54 Å². The summed E-state index contributed by atoms with van der Waals surface area (Å²) in [6.07, 6.45) is 0.831. The smallest absolute Gasteiger partial charge is 0.311 e. The van der Waals surface area contributed by atoms with Crippen LogP contribution in [0.1, 0.15) is 29.3 Å². The first-order valence-corrected chi connectivity index (χ1v) is 9.65. The van der Waals surface area contributed by atoms with Gasteiger partial charge in [0.25, 0.3) is 0 Å². The second-order valence-corrected chi connectivity index (χ2v) is 7.35. The monoisotopic (exact) mass is 390 g/mol. The number of hydrogen-bond donors (Lipinski definition) is 1. The number of esters is 1. The van der Waals surface area contributed by atoms with Crippen molar-refractivity contribution in [2.45, 2.75) is 26.0 Å². The van der Waals surface area contributed by atoms with Crippen LogP contribution in [0.2, 0.25) is 0 Å². The number of Topliss-reactive ketones (excluding diaryl/α,β-unsaturated/α-hetero) is 1. The topological polar surface area (TPSA) is 79.5 Å². The average molecular weight is 390 g/mol. The molecule has 2 heterocycles. The third-order valence-corrected chi connectivity index (χ3v) is 5.28. The summed E-state index contributed by atoms with van der Waals surface area (Å²) in [6, 6.07) is 17.1. The highest BCUT2D eigenvalue weighted by Crippen LogP contribution is 2.24. The van der Waals surface area contributed by atoms with Crippen molar-refractivity contribution >= 4 is 28.6 Å². The fraction of sp³-hybridized carbons (Fsp3) is 0.261. The Morgan fingerprint density at radius 1 is 1.14 bits per heavy atom. The molecule has 6 heteroatoms. The van der Waals surface area contributed by atoms with Gasteiger partial charge in [-0.25, -0.2) is 0 Å². The molecule has 6 nitrogen and oxygen atoms in total. The Hall–Kier alpha value is -3.41. The Bertz CT molecular complexity index is 1060. The quantitative estimate of drug-likeness (QED) is 0.517. The number of ether oxygens (including phenoxy) is 1. The molecule has 0 radical (unpaired) electrons. The van der Waals surface area contributed by atoms with Crippen molar-refractivity contribution in [2.24, 2.45) is 5.92 Å². The number of rotatable bonds is 6. The first-order chi connectivity index (χ1) is 14.0. The minimum Gasteiger partial charge on any atom is -0.454 e. The summed E-state index contributed by atoms with van der Waals surface area (Å²) >= 11 is 0. The van der Waals surface area contributed by atoms with Gasteiger partial charge in [0.15, 0.2) is 6.10 Å². The Balaban J connectivity index is 1.38. The number of aromatic amines is 1. The van der Waals surface area contributed by atoms with Crippen molar-refractivity contribution in [1.82, 2.24) is 9.88 Å². The van der Waals surface area contributed by atoms with E-state index in [0.717, 1.165) is 16.5 Å². The molecule has 0 saturated carbocycles. The van der Waals surface area contributed by atoms with Gasteiger partial charge in [-0.2, -0.15) is 0 Å². The van der Waals surface area contributed by atoms with Crippen LogP contribution in [0.5, 0.6) is 0 Å². The maximum Gasteiger partial charge on any atom is 0.311 e. The van der Waals surface area contributed by atoms with Gasteiger partial charge in [0.1, 0.15) is 0 Å². The van der Waals surface area contributed by atoms with Crippen LogP contribution in [-0.2, 0) is 20.9 Å². The van der Waals surface area contributed by atoms with Crippen LogP contribution >= 0.6 is 0 Å². The number of carbonyl (C=O) groups excluding carboxylic acids is 3. The molecule has 148 valence electrons. The Labute approximate surface area is 168 Å². The van der Waals surface area contributed by atoms with E-state index < -0.39 is 18.0 Å². The number of aromatic nitrogens is 1. The number of carbonyl (C=O) groups is 3. The molecule has 0 unspecified atom stereocenters. The standard InChI is InChI=1S/C23H22N2O4/c1-15(22(27)19-12-24-20-10-6-5-9-18(19)20)29-23(28)17-11-21(26)25(14-17)13-16-7-3-2-4-8-16/h2-10,12,15,17,24H,11,13-14H2,1H3/t15-,17+/m1/s1. The molecule has 0 aliphatic carbocycles. The number of para-hydroxylation sites is 1. The second kappa shape index (κ2) is 7.91. The summed E-state index contributed by atoms with van der Waals surface area (Å²) in [7, 11) is 0. The van der Waals surface area contributed by atoms with Gasteiger partial charge in [-0.15, -0.1) is 0 Å². The molecule has 0 bridgehead atoms. The predicted octanol–water partition coefficient (Wildman–Crippen LogP) is 3.33. The van der Waals surface area contributed by atoms with Crippen LogP contribution in [0.15, 0.2) is 60.8 Å². The van der Waals surface area contributed by atoms with Crippen molar-refractivity contribution in [1.29, 1.82) is 0 Å². The zero-order valence-electron chi connectivity index (χ0n) is 16.1. The summed E-state index contributed by atoms with van der Waals surface area (Å²) in [5.41, 5.74) is 2.36. The van der Waals surface area contributed by atoms with Gasteiger partial charge in [-0.05, 0) is 18.6 Å². The molecular formula is C23H22N2O4. The van der Waals surface area contributed by atoms with Crippen LogP contribution in [0.3, 0.4) is 0 Å². The molecule has 4 rings (SSSR count). The number of nitrogens with zero attached hydrogens (tertiary/aromatic N) is 1. The van der Waals surface area contributed by atoms with Gasteiger partial charge >= 0.3 is 5.97 Å². The van der Waals surface area contributed by atoms with E-state index in [0.29, 0.717) is 18.7 Å². The summed E-state index contributed by atoms with van der Waals surface area (Å²) in [6.45, 7) is 2.34. The van der Waals surface area contributed by atoms with Crippen molar-refractivity contribution in [3.63, 3.8) is 0 Å².